The van der Waals surface area contributed by atoms with Crippen LogP contribution in [0, 0.1) is 18.3 Å². The Labute approximate surface area is 164 Å². The minimum absolute atomic E-state index is 0.682. The van der Waals surface area contributed by atoms with Crippen LogP contribution in [0.5, 0.6) is 0 Å². The highest BCUT2D eigenvalue weighted by Gasteiger charge is 2.22. The van der Waals surface area contributed by atoms with Crippen LogP contribution in [-0.4, -0.2) is 33.0 Å². The van der Waals surface area contributed by atoms with Gasteiger partial charge in [0.25, 0.3) is 0 Å². The van der Waals surface area contributed by atoms with Gasteiger partial charge in [-0.15, -0.1) is 0 Å². The van der Waals surface area contributed by atoms with Crippen LogP contribution in [-0.2, 0) is 19.4 Å². The molecule has 140 valence electrons. The fourth-order valence-electron chi connectivity index (χ4n) is 3.48. The zero-order valence-corrected chi connectivity index (χ0v) is 15.8. The quantitative estimate of drug-likeness (QED) is 0.737. The van der Waals surface area contributed by atoms with Crippen LogP contribution in [0.1, 0.15) is 28.1 Å². The van der Waals surface area contributed by atoms with E-state index in [0.29, 0.717) is 12.1 Å². The first-order valence-corrected chi connectivity index (χ1v) is 9.32. The van der Waals surface area contributed by atoms with Crippen molar-refractivity contribution in [2.45, 2.75) is 26.3 Å². The lowest BCUT2D eigenvalue weighted by Crippen LogP contribution is -2.32. The van der Waals surface area contributed by atoms with Crippen LogP contribution >= 0.6 is 0 Å². The van der Waals surface area contributed by atoms with Crippen LogP contribution in [0.25, 0.3) is 0 Å². The molecular weight excluding hydrogens is 350 g/mol. The second-order valence-electron chi connectivity index (χ2n) is 6.83. The van der Waals surface area contributed by atoms with Gasteiger partial charge in [-0.3, -0.25) is 9.97 Å². The summed E-state index contributed by atoms with van der Waals surface area (Å²) >= 11 is 0. The molecule has 1 aliphatic rings. The van der Waals surface area contributed by atoms with Crippen molar-refractivity contribution >= 4 is 11.5 Å². The first-order valence-electron chi connectivity index (χ1n) is 9.32. The van der Waals surface area contributed by atoms with Crippen molar-refractivity contribution in [1.82, 2.24) is 19.9 Å². The van der Waals surface area contributed by atoms with Crippen molar-refractivity contribution in [2.24, 2.45) is 0 Å². The number of anilines is 2. The molecule has 0 fully saturated rings. The minimum atomic E-state index is 0.682. The number of hydrogen-bond donors (Lipinski definition) is 1. The number of fused-ring (bicyclic) bond motifs is 1. The van der Waals surface area contributed by atoms with E-state index >= 15 is 0 Å². The number of aryl methyl sites for hydroxylation is 1. The summed E-state index contributed by atoms with van der Waals surface area (Å²) in [6.07, 6.45) is 8.37. The van der Waals surface area contributed by atoms with E-state index in [1.807, 2.05) is 25.1 Å². The molecule has 2 aromatic heterocycles. The van der Waals surface area contributed by atoms with E-state index in [2.05, 4.69) is 36.2 Å². The minimum Gasteiger partial charge on any atom is -0.369 e. The summed E-state index contributed by atoms with van der Waals surface area (Å²) in [7, 11) is 0. The van der Waals surface area contributed by atoms with Crippen molar-refractivity contribution in [3.05, 3.63) is 71.2 Å². The number of nitrogens with zero attached hydrogens (tertiary/aromatic N) is 6. The molecule has 0 radical (unpaired) electrons. The zero-order valence-electron chi connectivity index (χ0n) is 15.8. The zero-order chi connectivity index (χ0) is 19.3. The molecule has 0 unspecified atom stereocenters. The standard InChI is InChI=1S/C21H21N7/c1-15-2-3-20(16(10-15)11-22)28-9-5-19-18(13-28)21(27-14-26-19)25-6-4-17-12-23-7-8-24-17/h2-3,7-8,10,12,14H,4-6,9,13H2,1H3,(H,25,26,27). The van der Waals surface area contributed by atoms with Crippen molar-refractivity contribution in [1.29, 1.82) is 5.26 Å². The highest BCUT2D eigenvalue weighted by molar-refractivity contribution is 5.62. The Morgan fingerprint density at radius 1 is 1.21 bits per heavy atom. The van der Waals surface area contributed by atoms with Crippen LogP contribution < -0.4 is 10.2 Å². The third kappa shape index (κ3) is 3.76. The van der Waals surface area contributed by atoms with Crippen molar-refractivity contribution < 1.29 is 0 Å². The molecule has 28 heavy (non-hydrogen) atoms. The van der Waals surface area contributed by atoms with Gasteiger partial charge in [-0.05, 0) is 24.6 Å². The molecule has 7 heteroatoms. The van der Waals surface area contributed by atoms with Gasteiger partial charge in [0.05, 0.1) is 22.6 Å². The first-order chi connectivity index (χ1) is 13.7. The van der Waals surface area contributed by atoms with Gasteiger partial charge in [0.1, 0.15) is 18.2 Å². The van der Waals surface area contributed by atoms with Crippen molar-refractivity contribution in [3.63, 3.8) is 0 Å². The van der Waals surface area contributed by atoms with Gasteiger partial charge >= 0.3 is 0 Å². The molecule has 4 rings (SSSR count). The molecule has 7 nitrogen and oxygen atoms in total. The number of aromatic nitrogens is 4. The monoisotopic (exact) mass is 371 g/mol. The Morgan fingerprint density at radius 3 is 2.96 bits per heavy atom. The summed E-state index contributed by atoms with van der Waals surface area (Å²) in [4.78, 5) is 19.6. The lowest BCUT2D eigenvalue weighted by Gasteiger charge is -2.31. The van der Waals surface area contributed by atoms with Crippen molar-refractivity contribution in [2.75, 3.05) is 23.3 Å². The van der Waals surface area contributed by atoms with Crippen LogP contribution in [0.3, 0.4) is 0 Å². The van der Waals surface area contributed by atoms with E-state index in [9.17, 15) is 5.26 Å². The molecule has 0 bridgehead atoms. The second kappa shape index (κ2) is 8.01. The number of nitriles is 1. The molecule has 1 N–H and O–H groups in total. The fourth-order valence-corrected chi connectivity index (χ4v) is 3.48. The summed E-state index contributed by atoms with van der Waals surface area (Å²) in [6, 6.07) is 8.34. The van der Waals surface area contributed by atoms with E-state index in [-0.39, 0.29) is 0 Å². The maximum atomic E-state index is 9.52. The topological polar surface area (TPSA) is 90.6 Å². The molecule has 0 saturated carbocycles. The smallest absolute Gasteiger partial charge is 0.134 e. The third-order valence-electron chi connectivity index (χ3n) is 4.91. The van der Waals surface area contributed by atoms with E-state index in [1.165, 1.54) is 0 Å². The summed E-state index contributed by atoms with van der Waals surface area (Å²) in [5.74, 6) is 0.851. The molecule has 1 aliphatic heterocycles. The Kier molecular flexibility index (Phi) is 5.11. The predicted octanol–water partition coefficient (Wildman–Crippen LogP) is 2.66. The highest BCUT2D eigenvalue weighted by atomic mass is 15.2. The Balaban J connectivity index is 1.52. The maximum Gasteiger partial charge on any atom is 0.134 e. The fraction of sp³-hybridized carbons (Fsp3) is 0.286. The molecule has 0 saturated heterocycles. The Morgan fingerprint density at radius 2 is 2.14 bits per heavy atom. The van der Waals surface area contributed by atoms with Gasteiger partial charge < -0.3 is 10.2 Å². The van der Waals surface area contributed by atoms with E-state index in [0.717, 1.165) is 60.0 Å². The number of benzene rings is 1. The van der Waals surface area contributed by atoms with E-state index in [1.54, 1.807) is 24.9 Å². The Hall–Kier alpha value is -3.53. The van der Waals surface area contributed by atoms with Crippen LogP contribution in [0.15, 0.2) is 43.1 Å². The number of hydrogen-bond acceptors (Lipinski definition) is 7. The average Bonchev–Trinajstić information content (AvgIpc) is 2.74. The maximum absolute atomic E-state index is 9.52. The van der Waals surface area contributed by atoms with E-state index in [4.69, 9.17) is 0 Å². The average molecular weight is 371 g/mol. The van der Waals surface area contributed by atoms with Gasteiger partial charge in [0.2, 0.25) is 0 Å². The third-order valence-corrected chi connectivity index (χ3v) is 4.91. The Bertz CT molecular complexity index is 1010. The summed E-state index contributed by atoms with van der Waals surface area (Å²) in [5.41, 5.74) is 5.87. The van der Waals surface area contributed by atoms with Gasteiger partial charge in [-0.25, -0.2) is 9.97 Å². The second-order valence-corrected chi connectivity index (χ2v) is 6.83. The van der Waals surface area contributed by atoms with Gasteiger partial charge in [0, 0.05) is 56.6 Å². The molecule has 0 atom stereocenters. The predicted molar refractivity (Wildman–Crippen MR) is 107 cm³/mol. The first kappa shape index (κ1) is 17.9. The molecule has 0 amide bonds. The summed E-state index contributed by atoms with van der Waals surface area (Å²) in [6.45, 7) is 4.24. The lowest BCUT2D eigenvalue weighted by molar-refractivity contribution is 0.705. The van der Waals surface area contributed by atoms with E-state index < -0.39 is 0 Å². The number of nitrogens with one attached hydrogen (secondary N) is 1. The lowest BCUT2D eigenvalue weighted by atomic mass is 10.0. The SMILES string of the molecule is Cc1ccc(N2CCc3ncnc(NCCc4cnccn4)c3C2)c(C#N)c1. The summed E-state index contributed by atoms with van der Waals surface area (Å²) < 4.78 is 0. The van der Waals surface area contributed by atoms with Crippen molar-refractivity contribution in [3.8, 4) is 6.07 Å². The number of rotatable bonds is 5. The summed E-state index contributed by atoms with van der Waals surface area (Å²) in [5, 5.41) is 12.9. The molecule has 3 aromatic rings. The van der Waals surface area contributed by atoms with Crippen LogP contribution in [0.2, 0.25) is 0 Å². The molecule has 0 aliphatic carbocycles. The molecule has 1 aromatic carbocycles. The largest absolute Gasteiger partial charge is 0.369 e. The highest BCUT2D eigenvalue weighted by Crippen LogP contribution is 2.29. The normalized spacial score (nSPS) is 12.9. The molecule has 3 heterocycles. The van der Waals surface area contributed by atoms with Gasteiger partial charge in [-0.2, -0.15) is 5.26 Å². The molecular formula is C21H21N7. The van der Waals surface area contributed by atoms with Gasteiger partial charge in [-0.1, -0.05) is 6.07 Å². The van der Waals surface area contributed by atoms with Crippen LogP contribution in [0.4, 0.5) is 11.5 Å². The molecule has 0 spiro atoms. The van der Waals surface area contributed by atoms with Gasteiger partial charge in [0.15, 0.2) is 0 Å².